The second kappa shape index (κ2) is 8.66. The molecule has 1 fully saturated rings. The number of aromatic nitrogens is 4. The SMILES string of the molecule is CCOc1cc2nn(C)cc2cc1C(=O)Nc1cnc(N2CCN[C@@H](CC)C2)cn1. The average Bonchev–Trinajstić information content (AvgIpc) is 3.13. The normalized spacial score (nSPS) is 16.6. The van der Waals surface area contributed by atoms with Gasteiger partial charge in [0.2, 0.25) is 0 Å². The van der Waals surface area contributed by atoms with E-state index in [0.717, 1.165) is 42.8 Å². The molecule has 1 atom stereocenters. The predicted molar refractivity (Wildman–Crippen MR) is 116 cm³/mol. The molecule has 0 aliphatic carbocycles. The Morgan fingerprint density at radius 3 is 2.90 bits per heavy atom. The number of fused-ring (bicyclic) bond motifs is 1. The molecule has 0 saturated carbocycles. The van der Waals surface area contributed by atoms with Crippen LogP contribution in [0.25, 0.3) is 10.9 Å². The molecule has 9 heteroatoms. The fourth-order valence-corrected chi connectivity index (χ4v) is 3.67. The van der Waals surface area contributed by atoms with Gasteiger partial charge >= 0.3 is 0 Å². The van der Waals surface area contributed by atoms with Gasteiger partial charge in [-0.15, -0.1) is 0 Å². The summed E-state index contributed by atoms with van der Waals surface area (Å²) in [5.74, 6) is 1.43. The number of carbonyl (C=O) groups is 1. The van der Waals surface area contributed by atoms with Crippen LogP contribution < -0.4 is 20.3 Å². The van der Waals surface area contributed by atoms with Gasteiger partial charge in [0.15, 0.2) is 5.82 Å². The van der Waals surface area contributed by atoms with Gasteiger partial charge in [0.05, 0.1) is 30.1 Å². The first-order chi connectivity index (χ1) is 14.6. The summed E-state index contributed by atoms with van der Waals surface area (Å²) in [5.41, 5.74) is 1.22. The number of carbonyl (C=O) groups excluding carboxylic acids is 1. The predicted octanol–water partition coefficient (Wildman–Crippen LogP) is 2.20. The Morgan fingerprint density at radius 1 is 1.30 bits per heavy atom. The highest BCUT2D eigenvalue weighted by atomic mass is 16.5. The van der Waals surface area contributed by atoms with Gasteiger partial charge in [-0.1, -0.05) is 6.92 Å². The van der Waals surface area contributed by atoms with E-state index in [-0.39, 0.29) is 5.91 Å². The van der Waals surface area contributed by atoms with Crippen molar-refractivity contribution < 1.29 is 9.53 Å². The number of benzene rings is 1. The third-order valence-electron chi connectivity index (χ3n) is 5.22. The fraction of sp³-hybridized carbons (Fsp3) is 0.429. The lowest BCUT2D eigenvalue weighted by molar-refractivity contribution is 0.102. The molecule has 9 nitrogen and oxygen atoms in total. The zero-order valence-corrected chi connectivity index (χ0v) is 17.6. The molecule has 3 heterocycles. The number of rotatable bonds is 6. The molecule has 4 rings (SSSR count). The van der Waals surface area contributed by atoms with Gasteiger partial charge in [-0.3, -0.25) is 9.48 Å². The summed E-state index contributed by atoms with van der Waals surface area (Å²) in [6.07, 6.45) is 6.25. The Morgan fingerprint density at radius 2 is 2.17 bits per heavy atom. The van der Waals surface area contributed by atoms with Gasteiger partial charge in [-0.2, -0.15) is 5.10 Å². The maximum Gasteiger partial charge on any atom is 0.260 e. The minimum Gasteiger partial charge on any atom is -0.493 e. The first kappa shape index (κ1) is 20.1. The lowest BCUT2D eigenvalue weighted by Gasteiger charge is -2.33. The second-order valence-electron chi connectivity index (χ2n) is 7.36. The number of nitrogens with one attached hydrogen (secondary N) is 2. The molecule has 30 heavy (non-hydrogen) atoms. The number of nitrogens with zero attached hydrogens (tertiary/aromatic N) is 5. The Balaban J connectivity index is 1.51. The molecule has 1 saturated heterocycles. The van der Waals surface area contributed by atoms with Crippen molar-refractivity contribution in [2.75, 3.05) is 36.5 Å². The summed E-state index contributed by atoms with van der Waals surface area (Å²) in [7, 11) is 1.85. The van der Waals surface area contributed by atoms with Gasteiger partial charge in [0, 0.05) is 50.4 Å². The zero-order chi connectivity index (χ0) is 21.1. The van der Waals surface area contributed by atoms with Crippen molar-refractivity contribution in [3.63, 3.8) is 0 Å². The van der Waals surface area contributed by atoms with Gasteiger partial charge in [0.1, 0.15) is 11.6 Å². The largest absolute Gasteiger partial charge is 0.493 e. The van der Waals surface area contributed by atoms with Crippen molar-refractivity contribution in [2.24, 2.45) is 7.05 Å². The molecule has 1 aromatic carbocycles. The van der Waals surface area contributed by atoms with Crippen molar-refractivity contribution in [3.8, 4) is 5.75 Å². The van der Waals surface area contributed by atoms with Crippen LogP contribution in [0.1, 0.15) is 30.6 Å². The number of amides is 1. The number of anilines is 2. The van der Waals surface area contributed by atoms with E-state index in [9.17, 15) is 4.79 Å². The third-order valence-corrected chi connectivity index (χ3v) is 5.22. The van der Waals surface area contributed by atoms with Gasteiger partial charge < -0.3 is 20.3 Å². The maximum absolute atomic E-state index is 12.9. The summed E-state index contributed by atoms with van der Waals surface area (Å²) in [6, 6.07) is 4.03. The number of aryl methyl sites for hydroxylation is 1. The van der Waals surface area contributed by atoms with Crippen LogP contribution in [0.15, 0.2) is 30.7 Å². The van der Waals surface area contributed by atoms with Crippen molar-refractivity contribution in [1.82, 2.24) is 25.1 Å². The molecule has 0 unspecified atom stereocenters. The fourth-order valence-electron chi connectivity index (χ4n) is 3.67. The Hall–Kier alpha value is -3.20. The maximum atomic E-state index is 12.9. The Kier molecular flexibility index (Phi) is 5.80. The molecule has 0 spiro atoms. The third kappa shape index (κ3) is 4.20. The van der Waals surface area contributed by atoms with E-state index in [1.54, 1.807) is 29.2 Å². The summed E-state index contributed by atoms with van der Waals surface area (Å²) in [6.45, 7) is 7.23. The zero-order valence-electron chi connectivity index (χ0n) is 17.6. The number of piperazine rings is 1. The van der Waals surface area contributed by atoms with Crippen molar-refractivity contribution in [1.29, 1.82) is 0 Å². The number of ether oxygens (including phenoxy) is 1. The van der Waals surface area contributed by atoms with Gasteiger partial charge in [-0.25, -0.2) is 9.97 Å². The van der Waals surface area contributed by atoms with E-state index < -0.39 is 0 Å². The molecule has 1 amide bonds. The van der Waals surface area contributed by atoms with Crippen LogP contribution in [-0.2, 0) is 7.05 Å². The summed E-state index contributed by atoms with van der Waals surface area (Å²) in [5, 5.41) is 11.6. The first-order valence-corrected chi connectivity index (χ1v) is 10.3. The van der Waals surface area contributed by atoms with Crippen LogP contribution in [0.4, 0.5) is 11.6 Å². The number of hydrogen-bond acceptors (Lipinski definition) is 7. The molecular formula is C21H27N7O2. The molecule has 0 radical (unpaired) electrons. The van der Waals surface area contributed by atoms with Gasteiger partial charge in [0.25, 0.3) is 5.91 Å². The van der Waals surface area contributed by atoms with E-state index in [1.165, 1.54) is 0 Å². The molecule has 1 aliphatic heterocycles. The quantitative estimate of drug-likeness (QED) is 0.644. The number of hydrogen-bond donors (Lipinski definition) is 2. The molecule has 2 aromatic heterocycles. The summed E-state index contributed by atoms with van der Waals surface area (Å²) < 4.78 is 7.39. The van der Waals surface area contributed by atoms with E-state index >= 15 is 0 Å². The van der Waals surface area contributed by atoms with E-state index in [1.807, 2.05) is 20.2 Å². The van der Waals surface area contributed by atoms with Gasteiger partial charge in [-0.05, 0) is 19.4 Å². The minimum absolute atomic E-state index is 0.292. The molecule has 2 N–H and O–H groups in total. The topological polar surface area (TPSA) is 97.2 Å². The Bertz CT molecular complexity index is 1030. The van der Waals surface area contributed by atoms with E-state index in [2.05, 4.69) is 37.5 Å². The van der Waals surface area contributed by atoms with Crippen LogP contribution in [-0.4, -0.2) is 57.9 Å². The van der Waals surface area contributed by atoms with Crippen LogP contribution in [0.3, 0.4) is 0 Å². The van der Waals surface area contributed by atoms with Crippen molar-refractivity contribution >= 4 is 28.4 Å². The van der Waals surface area contributed by atoms with Crippen LogP contribution in [0, 0.1) is 0 Å². The van der Waals surface area contributed by atoms with Crippen LogP contribution >= 0.6 is 0 Å². The second-order valence-corrected chi connectivity index (χ2v) is 7.36. The van der Waals surface area contributed by atoms with Crippen molar-refractivity contribution in [3.05, 3.63) is 36.3 Å². The molecule has 1 aliphatic rings. The van der Waals surface area contributed by atoms with Crippen LogP contribution in [0.5, 0.6) is 5.75 Å². The molecule has 158 valence electrons. The first-order valence-electron chi connectivity index (χ1n) is 10.3. The smallest absolute Gasteiger partial charge is 0.260 e. The lowest BCUT2D eigenvalue weighted by atomic mass is 10.1. The van der Waals surface area contributed by atoms with Crippen molar-refractivity contribution in [2.45, 2.75) is 26.3 Å². The van der Waals surface area contributed by atoms with E-state index in [0.29, 0.717) is 29.8 Å². The molecule has 3 aromatic rings. The summed E-state index contributed by atoms with van der Waals surface area (Å²) in [4.78, 5) is 24.0. The summed E-state index contributed by atoms with van der Waals surface area (Å²) >= 11 is 0. The molecule has 0 bridgehead atoms. The Labute approximate surface area is 175 Å². The lowest BCUT2D eigenvalue weighted by Crippen LogP contribution is -2.50. The molecular weight excluding hydrogens is 382 g/mol. The standard InChI is InChI=1S/C21H27N7O2/c1-4-15-13-28(7-6-22-15)20-11-23-19(10-24-20)25-21(29)16-8-14-12-27(3)26-17(14)9-18(16)30-5-2/h8-12,15,22H,4-7,13H2,1-3H3,(H,23,25,29)/t15-/m0/s1. The monoisotopic (exact) mass is 409 g/mol. The minimum atomic E-state index is -0.292. The average molecular weight is 409 g/mol. The van der Waals surface area contributed by atoms with E-state index in [4.69, 9.17) is 4.74 Å². The van der Waals surface area contributed by atoms with Crippen LogP contribution in [0.2, 0.25) is 0 Å². The highest BCUT2D eigenvalue weighted by Gasteiger charge is 2.20. The highest BCUT2D eigenvalue weighted by molar-refractivity contribution is 6.08. The highest BCUT2D eigenvalue weighted by Crippen LogP contribution is 2.26.